The van der Waals surface area contributed by atoms with Crippen molar-refractivity contribution in [2.45, 2.75) is 39.0 Å². The van der Waals surface area contributed by atoms with Gasteiger partial charge in [-0.1, -0.05) is 26.0 Å². The fraction of sp³-hybridized carbons (Fsp3) is 0.556. The number of amides is 2. The van der Waals surface area contributed by atoms with Crippen molar-refractivity contribution in [3.8, 4) is 5.75 Å². The SMILES string of the molecule is CC(C)c1ccc(OCC(=O)NCCC(=O)N2CCCC2)cc1. The number of hydrogen-bond donors (Lipinski definition) is 1. The van der Waals surface area contributed by atoms with Crippen molar-refractivity contribution in [2.24, 2.45) is 0 Å². The van der Waals surface area contributed by atoms with Gasteiger partial charge in [-0.25, -0.2) is 0 Å². The van der Waals surface area contributed by atoms with Crippen molar-refractivity contribution < 1.29 is 14.3 Å². The minimum absolute atomic E-state index is 0.0288. The van der Waals surface area contributed by atoms with E-state index in [1.54, 1.807) is 0 Å². The third-order valence-electron chi connectivity index (χ3n) is 4.04. The molecule has 0 spiro atoms. The second kappa shape index (κ2) is 8.56. The number of hydrogen-bond acceptors (Lipinski definition) is 3. The molecule has 0 unspecified atom stereocenters. The van der Waals surface area contributed by atoms with Crippen LogP contribution >= 0.6 is 0 Å². The number of ether oxygens (including phenoxy) is 1. The lowest BCUT2D eigenvalue weighted by Gasteiger charge is -2.15. The first-order valence-electron chi connectivity index (χ1n) is 8.33. The standard InChI is InChI=1S/C18H26N2O3/c1-14(2)15-5-7-16(8-6-15)23-13-17(21)19-10-9-18(22)20-11-3-4-12-20/h5-8,14H,3-4,9-13H2,1-2H3,(H,19,21). The minimum atomic E-state index is -0.202. The monoisotopic (exact) mass is 318 g/mol. The van der Waals surface area contributed by atoms with Gasteiger partial charge in [-0.15, -0.1) is 0 Å². The molecule has 0 bridgehead atoms. The van der Waals surface area contributed by atoms with Gasteiger partial charge < -0.3 is 15.0 Å². The molecule has 1 saturated heterocycles. The molecule has 0 aliphatic carbocycles. The number of carbonyl (C=O) groups is 2. The highest BCUT2D eigenvalue weighted by Gasteiger charge is 2.17. The molecule has 23 heavy (non-hydrogen) atoms. The van der Waals surface area contributed by atoms with Gasteiger partial charge in [-0.05, 0) is 36.5 Å². The summed E-state index contributed by atoms with van der Waals surface area (Å²) in [4.78, 5) is 25.4. The average molecular weight is 318 g/mol. The van der Waals surface area contributed by atoms with Gasteiger partial charge in [0.05, 0.1) is 0 Å². The number of nitrogens with zero attached hydrogens (tertiary/aromatic N) is 1. The first-order chi connectivity index (χ1) is 11.1. The maximum absolute atomic E-state index is 11.8. The Morgan fingerprint density at radius 3 is 2.43 bits per heavy atom. The van der Waals surface area contributed by atoms with Crippen molar-refractivity contribution in [3.05, 3.63) is 29.8 Å². The molecular formula is C18H26N2O3. The molecule has 1 aliphatic heterocycles. The molecule has 1 heterocycles. The predicted octanol–water partition coefficient (Wildman–Crippen LogP) is 2.32. The maximum atomic E-state index is 11.8. The van der Waals surface area contributed by atoms with Gasteiger partial charge in [0.25, 0.3) is 5.91 Å². The molecule has 5 heteroatoms. The fourth-order valence-corrected chi connectivity index (χ4v) is 2.58. The Hall–Kier alpha value is -2.04. The van der Waals surface area contributed by atoms with Crippen LogP contribution in [-0.4, -0.2) is 43.0 Å². The van der Waals surface area contributed by atoms with Crippen LogP contribution in [-0.2, 0) is 9.59 Å². The van der Waals surface area contributed by atoms with Crippen LogP contribution in [0.3, 0.4) is 0 Å². The van der Waals surface area contributed by atoms with Gasteiger partial charge in [0, 0.05) is 26.1 Å². The van der Waals surface area contributed by atoms with Crippen LogP contribution in [0.5, 0.6) is 5.75 Å². The van der Waals surface area contributed by atoms with E-state index in [0.29, 0.717) is 24.6 Å². The van der Waals surface area contributed by atoms with Crippen LogP contribution < -0.4 is 10.1 Å². The molecule has 1 fully saturated rings. The second-order valence-corrected chi connectivity index (χ2v) is 6.20. The molecule has 1 aliphatic rings. The smallest absolute Gasteiger partial charge is 0.257 e. The third-order valence-corrected chi connectivity index (χ3v) is 4.04. The highest BCUT2D eigenvalue weighted by molar-refractivity contribution is 5.80. The summed E-state index contributed by atoms with van der Waals surface area (Å²) in [5.41, 5.74) is 1.24. The molecule has 0 aromatic heterocycles. The third kappa shape index (κ3) is 5.58. The summed E-state index contributed by atoms with van der Waals surface area (Å²) in [7, 11) is 0. The fourth-order valence-electron chi connectivity index (χ4n) is 2.58. The summed E-state index contributed by atoms with van der Waals surface area (Å²) in [6.07, 6.45) is 2.53. The van der Waals surface area contributed by atoms with E-state index in [1.165, 1.54) is 5.56 Å². The summed E-state index contributed by atoms with van der Waals surface area (Å²) in [6.45, 7) is 6.30. The predicted molar refractivity (Wildman–Crippen MR) is 89.5 cm³/mol. The van der Waals surface area contributed by atoms with Gasteiger partial charge in [-0.3, -0.25) is 9.59 Å². The molecule has 0 saturated carbocycles. The van der Waals surface area contributed by atoms with E-state index in [1.807, 2.05) is 29.2 Å². The number of rotatable bonds is 7. The van der Waals surface area contributed by atoms with E-state index in [-0.39, 0.29) is 18.4 Å². The number of carbonyl (C=O) groups excluding carboxylic acids is 2. The van der Waals surface area contributed by atoms with Crippen molar-refractivity contribution in [2.75, 3.05) is 26.2 Å². The molecule has 0 atom stereocenters. The van der Waals surface area contributed by atoms with E-state index in [4.69, 9.17) is 4.74 Å². The zero-order valence-electron chi connectivity index (χ0n) is 14.0. The largest absolute Gasteiger partial charge is 0.484 e. The van der Waals surface area contributed by atoms with Gasteiger partial charge in [0.2, 0.25) is 5.91 Å². The first kappa shape index (κ1) is 17.3. The van der Waals surface area contributed by atoms with Crippen LogP contribution in [0.1, 0.15) is 44.6 Å². The van der Waals surface area contributed by atoms with Crippen LogP contribution in [0, 0.1) is 0 Å². The summed E-state index contributed by atoms with van der Waals surface area (Å²) in [6, 6.07) is 7.76. The summed E-state index contributed by atoms with van der Waals surface area (Å²) >= 11 is 0. The summed E-state index contributed by atoms with van der Waals surface area (Å²) in [5.74, 6) is 1.07. The molecule has 0 radical (unpaired) electrons. The average Bonchev–Trinajstić information content (AvgIpc) is 3.07. The maximum Gasteiger partial charge on any atom is 0.257 e. The lowest BCUT2D eigenvalue weighted by Crippen LogP contribution is -2.34. The van der Waals surface area contributed by atoms with Crippen LogP contribution in [0.4, 0.5) is 0 Å². The zero-order chi connectivity index (χ0) is 16.7. The molecule has 1 N–H and O–H groups in total. The second-order valence-electron chi connectivity index (χ2n) is 6.20. The molecule has 1 aromatic carbocycles. The molecular weight excluding hydrogens is 292 g/mol. The molecule has 5 nitrogen and oxygen atoms in total. The molecule has 1 aromatic rings. The minimum Gasteiger partial charge on any atom is -0.484 e. The highest BCUT2D eigenvalue weighted by Crippen LogP contribution is 2.18. The van der Waals surface area contributed by atoms with Crippen molar-refractivity contribution in [3.63, 3.8) is 0 Å². The Kier molecular flexibility index (Phi) is 6.44. The highest BCUT2D eigenvalue weighted by atomic mass is 16.5. The van der Waals surface area contributed by atoms with Crippen molar-refractivity contribution >= 4 is 11.8 Å². The lowest BCUT2D eigenvalue weighted by molar-refractivity contribution is -0.130. The Balaban J connectivity index is 1.63. The zero-order valence-corrected chi connectivity index (χ0v) is 14.0. The van der Waals surface area contributed by atoms with Crippen LogP contribution in [0.2, 0.25) is 0 Å². The Bertz CT molecular complexity index is 520. The number of likely N-dealkylation sites (tertiary alicyclic amines) is 1. The number of nitrogens with one attached hydrogen (secondary N) is 1. The van der Waals surface area contributed by atoms with Gasteiger partial charge in [0.1, 0.15) is 5.75 Å². The van der Waals surface area contributed by atoms with Gasteiger partial charge >= 0.3 is 0 Å². The van der Waals surface area contributed by atoms with E-state index in [2.05, 4.69) is 19.2 Å². The summed E-state index contributed by atoms with van der Waals surface area (Å²) in [5, 5.41) is 2.73. The van der Waals surface area contributed by atoms with E-state index in [9.17, 15) is 9.59 Å². The number of benzene rings is 1. The van der Waals surface area contributed by atoms with E-state index in [0.717, 1.165) is 25.9 Å². The topological polar surface area (TPSA) is 58.6 Å². The van der Waals surface area contributed by atoms with E-state index >= 15 is 0 Å². The van der Waals surface area contributed by atoms with Gasteiger partial charge in [-0.2, -0.15) is 0 Å². The molecule has 126 valence electrons. The first-order valence-corrected chi connectivity index (χ1v) is 8.33. The lowest BCUT2D eigenvalue weighted by atomic mass is 10.0. The molecule has 2 rings (SSSR count). The Labute approximate surface area is 138 Å². The Morgan fingerprint density at radius 2 is 1.83 bits per heavy atom. The van der Waals surface area contributed by atoms with Gasteiger partial charge in [0.15, 0.2) is 6.61 Å². The van der Waals surface area contributed by atoms with E-state index < -0.39 is 0 Å². The Morgan fingerprint density at radius 1 is 1.17 bits per heavy atom. The summed E-state index contributed by atoms with van der Waals surface area (Å²) < 4.78 is 5.45. The quantitative estimate of drug-likeness (QED) is 0.839. The van der Waals surface area contributed by atoms with Crippen molar-refractivity contribution in [1.82, 2.24) is 10.2 Å². The molecule has 2 amide bonds. The normalized spacial score (nSPS) is 14.1. The van der Waals surface area contributed by atoms with Crippen LogP contribution in [0.25, 0.3) is 0 Å². The van der Waals surface area contributed by atoms with Crippen molar-refractivity contribution in [1.29, 1.82) is 0 Å². The van der Waals surface area contributed by atoms with Crippen LogP contribution in [0.15, 0.2) is 24.3 Å².